The average Bonchev–Trinajstić information content (AvgIpc) is 3.01. The zero-order valence-electron chi connectivity index (χ0n) is 25.9. The number of carbonyl (C=O) groups excluding carboxylic acids is 3. The van der Waals surface area contributed by atoms with E-state index in [9.17, 15) is 24.0 Å². The van der Waals surface area contributed by atoms with E-state index in [1.54, 1.807) is 0 Å². The van der Waals surface area contributed by atoms with Gasteiger partial charge in [0.05, 0.1) is 112 Å². The molecule has 1 amide bonds. The van der Waals surface area contributed by atoms with Gasteiger partial charge < -0.3 is 58.2 Å². The second-order valence-electron chi connectivity index (χ2n) is 8.95. The van der Waals surface area contributed by atoms with Gasteiger partial charge in [-0.3, -0.25) is 19.2 Å². The van der Waals surface area contributed by atoms with Crippen molar-refractivity contribution in [2.75, 3.05) is 119 Å². The number of nitrogens with one attached hydrogen (secondary N) is 1. The number of rotatable bonds is 35. The number of carboxylic acids is 2. The van der Waals surface area contributed by atoms with E-state index in [1.165, 1.54) is 0 Å². The van der Waals surface area contributed by atoms with E-state index >= 15 is 0 Å². The maximum Gasteiger partial charge on any atom is 0.372 e. The predicted molar refractivity (Wildman–Crippen MR) is 154 cm³/mol. The fourth-order valence-corrected chi connectivity index (χ4v) is 2.96. The van der Waals surface area contributed by atoms with E-state index in [2.05, 4.69) is 5.32 Å². The fraction of sp³-hybridized carbons (Fsp3) is 0.821. The number of ether oxygens (including phenoxy) is 9. The van der Waals surface area contributed by atoms with Gasteiger partial charge >= 0.3 is 17.9 Å². The molecule has 0 aromatic carbocycles. The molecule has 0 atom stereocenters. The molecule has 0 bridgehead atoms. The monoisotopic (exact) mass is 655 g/mol. The minimum atomic E-state index is -1.57. The van der Waals surface area contributed by atoms with Crippen LogP contribution in [0.4, 0.5) is 0 Å². The van der Waals surface area contributed by atoms with Crippen LogP contribution in [0.2, 0.25) is 0 Å². The molecule has 0 aromatic rings. The summed E-state index contributed by atoms with van der Waals surface area (Å²) in [6.07, 6.45) is -0.237. The van der Waals surface area contributed by atoms with Gasteiger partial charge in [-0.1, -0.05) is 0 Å². The molecule has 0 spiro atoms. The predicted octanol–water partition coefficient (Wildman–Crippen LogP) is -0.533. The van der Waals surface area contributed by atoms with Crippen molar-refractivity contribution in [1.29, 1.82) is 0 Å². The van der Waals surface area contributed by atoms with Crippen molar-refractivity contribution >= 4 is 29.6 Å². The highest BCUT2D eigenvalue weighted by Gasteiger charge is 2.14. The van der Waals surface area contributed by atoms with Crippen LogP contribution in [-0.2, 0) is 66.6 Å². The maximum absolute atomic E-state index is 11.3. The average molecular weight is 656 g/mol. The Balaban J connectivity index is 3.17. The summed E-state index contributed by atoms with van der Waals surface area (Å²) in [6.45, 7) is 6.88. The van der Waals surface area contributed by atoms with E-state index in [4.69, 9.17) is 52.8 Å². The molecule has 45 heavy (non-hydrogen) atoms. The summed E-state index contributed by atoms with van der Waals surface area (Å²) in [5, 5.41) is 19.6. The van der Waals surface area contributed by atoms with Crippen LogP contribution in [0.25, 0.3) is 0 Å². The summed E-state index contributed by atoms with van der Waals surface area (Å²) in [6, 6.07) is 0. The zero-order valence-corrected chi connectivity index (χ0v) is 25.9. The third-order valence-corrected chi connectivity index (χ3v) is 5.24. The quantitative estimate of drug-likeness (QED) is 0.0443. The standard InChI is InChI=1S/C28H49NO16/c30-24(28(35)36)2-5-27(34)45-23-22-44-21-20-43-19-18-42-17-16-41-15-14-40-13-12-39-11-10-38-9-8-37-7-1-6-29-25(31)3-4-26(32)33/h1-23H2,(H,29,31)(H,32,33)(H,35,36). The van der Waals surface area contributed by atoms with Crippen LogP contribution in [0.5, 0.6) is 0 Å². The Bertz CT molecular complexity index is 782. The number of carbonyl (C=O) groups is 5. The highest BCUT2D eigenvalue weighted by molar-refractivity contribution is 6.32. The molecule has 0 unspecified atom stereocenters. The number of aliphatic carboxylic acids is 2. The van der Waals surface area contributed by atoms with Gasteiger partial charge in [0.2, 0.25) is 11.7 Å². The van der Waals surface area contributed by atoms with Crippen molar-refractivity contribution in [3.8, 4) is 0 Å². The molecule has 0 aliphatic carbocycles. The van der Waals surface area contributed by atoms with Crippen LogP contribution in [0.3, 0.4) is 0 Å². The Hall–Kier alpha value is -2.77. The van der Waals surface area contributed by atoms with Gasteiger partial charge in [-0.2, -0.15) is 0 Å². The molecule has 0 aliphatic rings. The maximum atomic E-state index is 11.3. The van der Waals surface area contributed by atoms with Gasteiger partial charge in [-0.15, -0.1) is 0 Å². The second-order valence-corrected chi connectivity index (χ2v) is 8.95. The summed E-state index contributed by atoms with van der Waals surface area (Å²) in [5.41, 5.74) is 0. The Labute approximate surface area is 263 Å². The first kappa shape index (κ1) is 42.2. The normalized spacial score (nSPS) is 10.9. The van der Waals surface area contributed by atoms with Crippen molar-refractivity contribution in [2.45, 2.75) is 32.1 Å². The molecular weight excluding hydrogens is 606 g/mol. The molecule has 3 N–H and O–H groups in total. The van der Waals surface area contributed by atoms with Crippen molar-refractivity contribution in [1.82, 2.24) is 5.32 Å². The molecule has 0 aromatic heterocycles. The zero-order chi connectivity index (χ0) is 33.2. The highest BCUT2D eigenvalue weighted by Crippen LogP contribution is 1.95. The molecule has 0 saturated heterocycles. The van der Waals surface area contributed by atoms with Crippen LogP contribution in [-0.4, -0.2) is 159 Å². The lowest BCUT2D eigenvalue weighted by Crippen LogP contribution is -2.25. The van der Waals surface area contributed by atoms with Gasteiger partial charge in [0.25, 0.3) is 0 Å². The Morgan fingerprint density at radius 2 is 0.822 bits per heavy atom. The molecule has 0 heterocycles. The molecule has 0 aliphatic heterocycles. The fourth-order valence-electron chi connectivity index (χ4n) is 2.96. The SMILES string of the molecule is O=C(O)CCC(=O)NCCCOCCOCCOCCOCCOCCOCCOCCOCCOC(=O)CCC(=O)C(=O)O. The first-order chi connectivity index (χ1) is 21.8. The number of carboxylic acid groups (broad SMARTS) is 2. The first-order valence-corrected chi connectivity index (χ1v) is 14.8. The van der Waals surface area contributed by atoms with Gasteiger partial charge in [-0.05, 0) is 6.42 Å². The minimum absolute atomic E-state index is 0.00485. The van der Waals surface area contributed by atoms with Crippen LogP contribution in [0, 0.1) is 0 Å². The molecule has 0 radical (unpaired) electrons. The largest absolute Gasteiger partial charge is 0.481 e. The number of amides is 1. The molecule has 17 heteroatoms. The highest BCUT2D eigenvalue weighted by atomic mass is 16.6. The van der Waals surface area contributed by atoms with Crippen LogP contribution in [0.1, 0.15) is 32.1 Å². The van der Waals surface area contributed by atoms with Gasteiger partial charge in [0, 0.05) is 26.0 Å². The number of hydrogen-bond acceptors (Lipinski definition) is 14. The number of Topliss-reactive ketones (excluding diaryl/α,β-unsaturated/α-hetero) is 1. The van der Waals surface area contributed by atoms with E-state index in [1.807, 2.05) is 0 Å². The minimum Gasteiger partial charge on any atom is -0.481 e. The summed E-state index contributed by atoms with van der Waals surface area (Å²) in [4.78, 5) is 54.3. The number of hydrogen-bond donors (Lipinski definition) is 3. The summed E-state index contributed by atoms with van der Waals surface area (Å²) in [7, 11) is 0. The molecule has 0 rings (SSSR count). The Morgan fingerprint density at radius 1 is 0.444 bits per heavy atom. The van der Waals surface area contributed by atoms with E-state index in [0.717, 1.165) is 0 Å². The third kappa shape index (κ3) is 34.0. The smallest absolute Gasteiger partial charge is 0.372 e. The Kier molecular flexibility index (Phi) is 30.6. The van der Waals surface area contributed by atoms with E-state index < -0.39 is 30.1 Å². The van der Waals surface area contributed by atoms with E-state index in [-0.39, 0.29) is 38.4 Å². The van der Waals surface area contributed by atoms with Crippen molar-refractivity contribution < 1.29 is 76.8 Å². The summed E-state index contributed by atoms with van der Waals surface area (Å²) < 4.78 is 47.8. The lowest BCUT2D eigenvalue weighted by atomic mass is 10.2. The Morgan fingerprint density at radius 3 is 1.20 bits per heavy atom. The third-order valence-electron chi connectivity index (χ3n) is 5.24. The number of esters is 1. The molecule has 262 valence electrons. The molecular formula is C28H49NO16. The van der Waals surface area contributed by atoms with E-state index in [0.29, 0.717) is 112 Å². The van der Waals surface area contributed by atoms with Crippen molar-refractivity contribution in [2.24, 2.45) is 0 Å². The van der Waals surface area contributed by atoms with Gasteiger partial charge in [0.15, 0.2) is 0 Å². The first-order valence-electron chi connectivity index (χ1n) is 14.8. The molecule has 0 saturated carbocycles. The molecule has 17 nitrogen and oxygen atoms in total. The molecule has 0 fully saturated rings. The lowest BCUT2D eigenvalue weighted by molar-refractivity contribution is -0.151. The van der Waals surface area contributed by atoms with Crippen molar-refractivity contribution in [3.63, 3.8) is 0 Å². The van der Waals surface area contributed by atoms with Gasteiger partial charge in [-0.25, -0.2) is 4.79 Å². The number of ketones is 1. The van der Waals surface area contributed by atoms with Gasteiger partial charge in [0.1, 0.15) is 6.61 Å². The topological polar surface area (TPSA) is 221 Å². The summed E-state index contributed by atoms with van der Waals surface area (Å²) in [5.74, 6) is -4.53. The lowest BCUT2D eigenvalue weighted by Gasteiger charge is -2.09. The van der Waals surface area contributed by atoms with Crippen molar-refractivity contribution in [3.05, 3.63) is 0 Å². The second kappa shape index (κ2) is 32.6. The van der Waals surface area contributed by atoms with Crippen LogP contribution >= 0.6 is 0 Å². The summed E-state index contributed by atoms with van der Waals surface area (Å²) >= 11 is 0. The van der Waals surface area contributed by atoms with Crippen LogP contribution < -0.4 is 5.32 Å². The van der Waals surface area contributed by atoms with Crippen LogP contribution in [0.15, 0.2) is 0 Å².